The largest absolute Gasteiger partial charge is 0.456 e. The molecule has 0 unspecified atom stereocenters. The fourth-order valence-electron chi connectivity index (χ4n) is 13.3. The smallest absolute Gasteiger partial charge is 0.246 e. The van der Waals surface area contributed by atoms with Crippen molar-refractivity contribution in [2.75, 3.05) is 4.90 Å². The van der Waals surface area contributed by atoms with Crippen molar-refractivity contribution in [1.29, 1.82) is 0 Å². The van der Waals surface area contributed by atoms with Crippen LogP contribution in [0.15, 0.2) is 258 Å². The number of fused-ring (bicyclic) bond motifs is 6. The van der Waals surface area contributed by atoms with Crippen LogP contribution >= 0.6 is 0 Å². The van der Waals surface area contributed by atoms with Crippen LogP contribution in [-0.2, 0) is 0 Å². The van der Waals surface area contributed by atoms with Gasteiger partial charge in [0.05, 0.1) is 0 Å². The van der Waals surface area contributed by atoms with E-state index >= 15 is 0 Å². The van der Waals surface area contributed by atoms with Crippen molar-refractivity contribution < 1.29 is 8.83 Å². The fourth-order valence-corrected chi connectivity index (χ4v) is 18.5. The van der Waals surface area contributed by atoms with Crippen molar-refractivity contribution >= 4 is 136 Å². The first-order valence-corrected chi connectivity index (χ1v) is 27.0. The Hall–Kier alpha value is -8.83. The summed E-state index contributed by atoms with van der Waals surface area (Å²) in [5.41, 5.74) is 20.2. The predicted molar refractivity (Wildman–Crippen MR) is 306 cm³/mol. The van der Waals surface area contributed by atoms with Crippen LogP contribution < -0.4 is 58.4 Å². The standard InChI is InChI=1S/C66H41B2NO2Si/c1-5-18-46(19-6-1)67-54-28-17-29-55-64(54)69-65-56(67)38-44(42-32-34-60-52(36-42)50-26-13-15-30-58(50)70-60)40-62(65)72(48-22-9-3-10-23-48,49-24-11-4-12-25-49)63-41-45(39-57(66(63)69)68(55)47-20-7-2-8-21-47)43-33-35-61-53(37-43)51-27-14-16-31-59(51)71-61/h1-41H. The van der Waals surface area contributed by atoms with Gasteiger partial charge < -0.3 is 13.7 Å². The minimum atomic E-state index is -3.29. The summed E-state index contributed by atoms with van der Waals surface area (Å²) in [5, 5.41) is 10.0. The van der Waals surface area contributed by atoms with Crippen molar-refractivity contribution in [3.05, 3.63) is 249 Å². The summed E-state index contributed by atoms with van der Waals surface area (Å²) in [6.45, 7) is -0.0590. The lowest BCUT2D eigenvalue weighted by atomic mass is 9.30. The first-order chi connectivity index (χ1) is 35.7. The molecule has 11 aromatic carbocycles. The number of hydrogen-bond acceptors (Lipinski definition) is 3. The van der Waals surface area contributed by atoms with Gasteiger partial charge in [0, 0.05) is 38.6 Å². The second-order valence-electron chi connectivity index (χ2n) is 19.8. The Morgan fingerprint density at radius 3 is 1.15 bits per heavy atom. The molecule has 2 aromatic heterocycles. The lowest BCUT2D eigenvalue weighted by molar-refractivity contribution is 0.668. The van der Waals surface area contributed by atoms with E-state index < -0.39 is 8.07 Å². The van der Waals surface area contributed by atoms with E-state index in [1.54, 1.807) is 0 Å². The molecule has 0 bridgehead atoms. The van der Waals surface area contributed by atoms with Crippen LogP contribution in [0, 0.1) is 0 Å². The highest BCUT2D eigenvalue weighted by molar-refractivity contribution is 7.22. The first-order valence-electron chi connectivity index (χ1n) is 25.0. The topological polar surface area (TPSA) is 29.5 Å². The number of para-hydroxylation sites is 3. The van der Waals surface area contributed by atoms with Crippen LogP contribution in [0.5, 0.6) is 0 Å². The molecular formula is C66H41B2NO2Si. The molecule has 3 aliphatic rings. The maximum atomic E-state index is 6.44. The Kier molecular flexibility index (Phi) is 8.37. The zero-order valence-corrected chi connectivity index (χ0v) is 40.1. The summed E-state index contributed by atoms with van der Waals surface area (Å²) >= 11 is 0. The molecule has 3 aliphatic heterocycles. The summed E-state index contributed by atoms with van der Waals surface area (Å²) in [5.74, 6) is 0. The predicted octanol–water partition coefficient (Wildman–Crippen LogP) is 9.64. The highest BCUT2D eigenvalue weighted by atomic mass is 28.3. The third-order valence-corrected chi connectivity index (χ3v) is 21.0. The van der Waals surface area contributed by atoms with Crippen molar-refractivity contribution in [2.24, 2.45) is 0 Å². The summed E-state index contributed by atoms with van der Waals surface area (Å²) in [6, 6.07) is 93.5. The van der Waals surface area contributed by atoms with Gasteiger partial charge in [0.15, 0.2) is 8.07 Å². The van der Waals surface area contributed by atoms with Crippen LogP contribution in [0.3, 0.4) is 0 Å². The van der Waals surface area contributed by atoms with Crippen molar-refractivity contribution in [3.8, 4) is 22.3 Å². The van der Waals surface area contributed by atoms with E-state index in [1.807, 2.05) is 0 Å². The molecule has 0 saturated carbocycles. The maximum Gasteiger partial charge on any atom is 0.246 e. The molecule has 0 amide bonds. The summed E-state index contributed by atoms with van der Waals surface area (Å²) < 4.78 is 12.9. The molecule has 0 aliphatic carbocycles. The Labute approximate surface area is 418 Å². The van der Waals surface area contributed by atoms with Gasteiger partial charge in [0.1, 0.15) is 22.3 Å². The third kappa shape index (κ3) is 5.47. The van der Waals surface area contributed by atoms with Gasteiger partial charge in [-0.2, -0.15) is 0 Å². The number of benzene rings is 11. The zero-order valence-electron chi connectivity index (χ0n) is 39.1. The molecule has 0 fully saturated rings. The van der Waals surface area contributed by atoms with Gasteiger partial charge in [-0.25, -0.2) is 0 Å². The highest BCUT2D eigenvalue weighted by Gasteiger charge is 2.55. The van der Waals surface area contributed by atoms with Gasteiger partial charge in [0.2, 0.25) is 13.4 Å². The lowest BCUT2D eigenvalue weighted by Gasteiger charge is -2.53. The fraction of sp³-hybridized carbons (Fsp3) is 0. The van der Waals surface area contributed by atoms with Crippen LogP contribution in [0.25, 0.3) is 66.1 Å². The van der Waals surface area contributed by atoms with Gasteiger partial charge in [-0.05, 0) is 101 Å². The summed E-state index contributed by atoms with van der Waals surface area (Å²) in [6.07, 6.45) is 0. The normalized spacial score (nSPS) is 13.9. The maximum absolute atomic E-state index is 6.44. The summed E-state index contributed by atoms with van der Waals surface area (Å²) in [4.78, 5) is 2.74. The van der Waals surface area contributed by atoms with E-state index in [4.69, 9.17) is 8.83 Å². The average molecular weight is 930 g/mol. The van der Waals surface area contributed by atoms with Gasteiger partial charge in [0.25, 0.3) is 0 Å². The Bertz CT molecular complexity index is 4080. The molecule has 3 nitrogen and oxygen atoms in total. The van der Waals surface area contributed by atoms with E-state index in [1.165, 1.54) is 92.8 Å². The molecule has 0 saturated heterocycles. The van der Waals surface area contributed by atoms with E-state index in [9.17, 15) is 0 Å². The molecule has 0 radical (unpaired) electrons. The molecule has 6 heteroatoms. The number of rotatable bonds is 6. The van der Waals surface area contributed by atoms with Gasteiger partial charge in [-0.3, -0.25) is 0 Å². The SMILES string of the molecule is c1ccc(B2c3cccc4c3N3c5c2cc(-c2ccc6oc7ccccc7c6c2)cc5[Si](c2ccccc2)(c2ccccc2)c2cc(-c5ccc6oc7ccccc7c6c5)cc(c23)B4c2ccccc2)cc1. The molecular weight excluding hydrogens is 888 g/mol. The van der Waals surface area contributed by atoms with E-state index in [2.05, 4.69) is 254 Å². The van der Waals surface area contributed by atoms with Gasteiger partial charge in [-0.1, -0.05) is 223 Å². The second kappa shape index (κ2) is 15.1. The monoisotopic (exact) mass is 929 g/mol. The molecule has 0 N–H and O–H groups in total. The lowest BCUT2D eigenvalue weighted by Crippen LogP contribution is -2.81. The van der Waals surface area contributed by atoms with Crippen molar-refractivity contribution in [3.63, 3.8) is 0 Å². The molecule has 16 rings (SSSR count). The van der Waals surface area contributed by atoms with Crippen LogP contribution in [0.4, 0.5) is 17.1 Å². The van der Waals surface area contributed by atoms with Gasteiger partial charge >= 0.3 is 0 Å². The Morgan fingerprint density at radius 1 is 0.292 bits per heavy atom. The number of furan rings is 2. The first kappa shape index (κ1) is 40.0. The minimum absolute atomic E-state index is 0.0295. The van der Waals surface area contributed by atoms with Crippen molar-refractivity contribution in [2.45, 2.75) is 0 Å². The average Bonchev–Trinajstić information content (AvgIpc) is 4.03. The Balaban J connectivity index is 1.10. The molecule has 13 aromatic rings. The van der Waals surface area contributed by atoms with E-state index in [-0.39, 0.29) is 13.4 Å². The van der Waals surface area contributed by atoms with Crippen LogP contribution in [0.2, 0.25) is 0 Å². The van der Waals surface area contributed by atoms with Crippen LogP contribution in [0.1, 0.15) is 0 Å². The minimum Gasteiger partial charge on any atom is -0.456 e. The molecule has 0 atom stereocenters. The number of hydrogen-bond donors (Lipinski definition) is 0. The van der Waals surface area contributed by atoms with Crippen LogP contribution in [-0.4, -0.2) is 21.5 Å². The van der Waals surface area contributed by atoms with E-state index in [0.717, 1.165) is 43.9 Å². The second-order valence-corrected chi connectivity index (χ2v) is 23.6. The molecule has 0 spiro atoms. The quantitative estimate of drug-likeness (QED) is 0.156. The molecule has 72 heavy (non-hydrogen) atoms. The Morgan fingerprint density at radius 2 is 0.694 bits per heavy atom. The summed E-state index contributed by atoms with van der Waals surface area (Å²) in [7, 11) is -3.29. The molecule has 5 heterocycles. The zero-order chi connectivity index (χ0) is 47.1. The van der Waals surface area contributed by atoms with Crippen molar-refractivity contribution in [1.82, 2.24) is 0 Å². The highest BCUT2D eigenvalue weighted by Crippen LogP contribution is 2.44. The van der Waals surface area contributed by atoms with E-state index in [0.29, 0.717) is 0 Å². The number of nitrogens with zero attached hydrogens (tertiary/aromatic N) is 1. The number of anilines is 3. The third-order valence-electron chi connectivity index (χ3n) is 16.2. The van der Waals surface area contributed by atoms with Gasteiger partial charge in [-0.15, -0.1) is 0 Å². The molecule has 332 valence electrons.